The molecule has 3 aromatic rings. The van der Waals surface area contributed by atoms with Gasteiger partial charge in [-0.1, -0.05) is 0 Å². The van der Waals surface area contributed by atoms with Crippen molar-refractivity contribution in [1.82, 2.24) is 24.7 Å². The number of aromatic nitrogens is 5. The fourth-order valence-corrected chi connectivity index (χ4v) is 4.35. The molecule has 4 heterocycles. The number of hydrogen-bond acceptors (Lipinski definition) is 7. The molecule has 0 radical (unpaired) electrons. The smallest absolute Gasteiger partial charge is 0.225 e. The van der Waals surface area contributed by atoms with Crippen molar-refractivity contribution in [3.63, 3.8) is 0 Å². The molecule has 1 aliphatic heterocycles. The first-order chi connectivity index (χ1) is 14.3. The van der Waals surface area contributed by atoms with Crippen molar-refractivity contribution in [2.24, 2.45) is 7.05 Å². The Balaban J connectivity index is 1.35. The molecule has 2 fully saturated rings. The van der Waals surface area contributed by atoms with Crippen molar-refractivity contribution in [3.8, 4) is 5.88 Å². The van der Waals surface area contributed by atoms with Crippen molar-refractivity contribution >= 4 is 16.7 Å². The van der Waals surface area contributed by atoms with E-state index in [0.717, 1.165) is 74.5 Å². The molecule has 8 nitrogen and oxygen atoms in total. The van der Waals surface area contributed by atoms with Gasteiger partial charge in [-0.15, -0.1) is 0 Å². The standard InChI is InChI=1S/C21H26N6O2/c1-26-20(23-14-24-26)15-4-6-16(7-5-15)29-21-17-3-2-8-22-18(17)13-19(25-21)27-9-11-28-12-10-27/h2-3,8,13-16H,4-7,9-12H2,1H3/t15-,16+. The van der Waals surface area contributed by atoms with Gasteiger partial charge in [-0.3, -0.25) is 9.67 Å². The number of fused-ring (bicyclic) bond motifs is 1. The maximum absolute atomic E-state index is 6.44. The molecule has 1 aliphatic carbocycles. The van der Waals surface area contributed by atoms with E-state index < -0.39 is 0 Å². The summed E-state index contributed by atoms with van der Waals surface area (Å²) in [6, 6.07) is 6.04. The Morgan fingerprint density at radius 3 is 2.69 bits per heavy atom. The van der Waals surface area contributed by atoms with E-state index in [1.165, 1.54) is 0 Å². The Kier molecular flexibility index (Phi) is 5.01. The highest BCUT2D eigenvalue weighted by Gasteiger charge is 2.27. The number of rotatable bonds is 4. The van der Waals surface area contributed by atoms with E-state index in [0.29, 0.717) is 11.8 Å². The molecule has 1 saturated heterocycles. The largest absolute Gasteiger partial charge is 0.474 e. The lowest BCUT2D eigenvalue weighted by Gasteiger charge is -2.30. The SMILES string of the molecule is Cn1ncnc1[C@H]1CC[C@@H](Oc2nc(N3CCOCC3)cc3ncccc23)CC1. The van der Waals surface area contributed by atoms with Crippen LogP contribution in [0.1, 0.15) is 37.4 Å². The second-order valence-corrected chi connectivity index (χ2v) is 7.79. The third-order valence-corrected chi connectivity index (χ3v) is 5.95. The first kappa shape index (κ1) is 18.3. The average Bonchev–Trinajstić information content (AvgIpc) is 3.21. The number of pyridine rings is 2. The Morgan fingerprint density at radius 1 is 1.10 bits per heavy atom. The zero-order valence-corrected chi connectivity index (χ0v) is 16.7. The molecule has 1 saturated carbocycles. The van der Waals surface area contributed by atoms with E-state index in [9.17, 15) is 0 Å². The molecule has 3 aromatic heterocycles. The Hall–Kier alpha value is -2.74. The zero-order valence-electron chi connectivity index (χ0n) is 16.7. The maximum atomic E-state index is 6.44. The summed E-state index contributed by atoms with van der Waals surface area (Å²) in [6.45, 7) is 3.13. The molecular formula is C21H26N6O2. The summed E-state index contributed by atoms with van der Waals surface area (Å²) in [7, 11) is 1.96. The van der Waals surface area contributed by atoms with Gasteiger partial charge < -0.3 is 14.4 Å². The van der Waals surface area contributed by atoms with Crippen LogP contribution in [-0.2, 0) is 11.8 Å². The highest BCUT2D eigenvalue weighted by atomic mass is 16.5. The number of morpholine rings is 1. The van der Waals surface area contributed by atoms with Crippen LogP contribution in [0.5, 0.6) is 5.88 Å². The molecule has 0 atom stereocenters. The minimum atomic E-state index is 0.162. The summed E-state index contributed by atoms with van der Waals surface area (Å²) >= 11 is 0. The van der Waals surface area contributed by atoms with Gasteiger partial charge in [-0.05, 0) is 37.8 Å². The summed E-state index contributed by atoms with van der Waals surface area (Å²) in [4.78, 5) is 16.1. The Bertz CT molecular complexity index is 976. The van der Waals surface area contributed by atoms with Crippen molar-refractivity contribution in [3.05, 3.63) is 36.5 Å². The minimum Gasteiger partial charge on any atom is -0.474 e. The van der Waals surface area contributed by atoms with Crippen molar-refractivity contribution in [2.75, 3.05) is 31.2 Å². The average molecular weight is 394 g/mol. The first-order valence-corrected chi connectivity index (χ1v) is 10.4. The highest BCUT2D eigenvalue weighted by Crippen LogP contribution is 2.35. The molecule has 0 amide bonds. The molecule has 0 bridgehead atoms. The van der Waals surface area contributed by atoms with Crippen LogP contribution in [0.3, 0.4) is 0 Å². The van der Waals surface area contributed by atoms with Gasteiger partial charge in [0.2, 0.25) is 5.88 Å². The molecule has 0 spiro atoms. The number of ether oxygens (including phenoxy) is 2. The van der Waals surface area contributed by atoms with Gasteiger partial charge in [0.05, 0.1) is 24.1 Å². The Morgan fingerprint density at radius 2 is 1.93 bits per heavy atom. The van der Waals surface area contributed by atoms with Crippen LogP contribution in [-0.4, -0.2) is 57.1 Å². The van der Waals surface area contributed by atoms with E-state index in [4.69, 9.17) is 14.5 Å². The minimum absolute atomic E-state index is 0.162. The highest BCUT2D eigenvalue weighted by molar-refractivity contribution is 5.85. The Labute approximate surface area is 169 Å². The number of hydrogen-bond donors (Lipinski definition) is 0. The normalized spacial score (nSPS) is 22.7. The molecule has 29 heavy (non-hydrogen) atoms. The van der Waals surface area contributed by atoms with Crippen molar-refractivity contribution < 1.29 is 9.47 Å². The molecular weight excluding hydrogens is 368 g/mol. The van der Waals surface area contributed by atoms with Gasteiger partial charge in [-0.25, -0.2) is 4.98 Å². The van der Waals surface area contributed by atoms with Gasteiger partial charge in [0.1, 0.15) is 24.1 Å². The monoisotopic (exact) mass is 394 g/mol. The summed E-state index contributed by atoms with van der Waals surface area (Å²) in [5.74, 6) is 3.14. The van der Waals surface area contributed by atoms with Crippen LogP contribution in [0.25, 0.3) is 10.9 Å². The zero-order chi connectivity index (χ0) is 19.6. The van der Waals surface area contributed by atoms with E-state index in [-0.39, 0.29) is 6.10 Å². The lowest BCUT2D eigenvalue weighted by Crippen LogP contribution is -2.36. The number of aryl methyl sites for hydroxylation is 1. The van der Waals surface area contributed by atoms with Crippen LogP contribution < -0.4 is 9.64 Å². The molecule has 0 N–H and O–H groups in total. The molecule has 8 heteroatoms. The molecule has 152 valence electrons. The molecule has 0 aromatic carbocycles. The van der Waals surface area contributed by atoms with Gasteiger partial charge >= 0.3 is 0 Å². The quantitative estimate of drug-likeness (QED) is 0.673. The van der Waals surface area contributed by atoms with Crippen LogP contribution in [0.2, 0.25) is 0 Å². The lowest BCUT2D eigenvalue weighted by molar-refractivity contribution is 0.121. The van der Waals surface area contributed by atoms with Crippen LogP contribution in [0.4, 0.5) is 5.82 Å². The van der Waals surface area contributed by atoms with Gasteiger partial charge in [0.25, 0.3) is 0 Å². The van der Waals surface area contributed by atoms with Gasteiger partial charge in [0.15, 0.2) is 0 Å². The second-order valence-electron chi connectivity index (χ2n) is 7.79. The van der Waals surface area contributed by atoms with Crippen molar-refractivity contribution in [2.45, 2.75) is 37.7 Å². The topological polar surface area (TPSA) is 78.2 Å². The van der Waals surface area contributed by atoms with E-state index in [2.05, 4.69) is 26.0 Å². The predicted molar refractivity (Wildman–Crippen MR) is 109 cm³/mol. The summed E-state index contributed by atoms with van der Waals surface area (Å²) in [6.07, 6.45) is 7.70. The lowest BCUT2D eigenvalue weighted by atomic mass is 9.87. The van der Waals surface area contributed by atoms with Gasteiger partial charge in [-0.2, -0.15) is 10.1 Å². The van der Waals surface area contributed by atoms with E-state index in [1.807, 2.05) is 30.1 Å². The van der Waals surface area contributed by atoms with Crippen LogP contribution in [0, 0.1) is 0 Å². The van der Waals surface area contributed by atoms with E-state index >= 15 is 0 Å². The summed E-state index contributed by atoms with van der Waals surface area (Å²) in [5.41, 5.74) is 0.923. The summed E-state index contributed by atoms with van der Waals surface area (Å²) < 4.78 is 13.8. The molecule has 2 aliphatic rings. The number of nitrogens with zero attached hydrogens (tertiary/aromatic N) is 6. The third kappa shape index (κ3) is 3.76. The molecule has 0 unspecified atom stereocenters. The van der Waals surface area contributed by atoms with E-state index in [1.54, 1.807) is 6.33 Å². The fourth-order valence-electron chi connectivity index (χ4n) is 4.35. The second kappa shape index (κ2) is 7.94. The summed E-state index contributed by atoms with van der Waals surface area (Å²) in [5, 5.41) is 5.18. The fraction of sp³-hybridized carbons (Fsp3) is 0.524. The third-order valence-electron chi connectivity index (χ3n) is 5.95. The van der Waals surface area contributed by atoms with Crippen molar-refractivity contribution in [1.29, 1.82) is 0 Å². The predicted octanol–water partition coefficient (Wildman–Crippen LogP) is 2.70. The van der Waals surface area contributed by atoms with Gasteiger partial charge in [0, 0.05) is 38.3 Å². The van der Waals surface area contributed by atoms with Crippen LogP contribution in [0.15, 0.2) is 30.7 Å². The molecule has 5 rings (SSSR count). The maximum Gasteiger partial charge on any atom is 0.225 e. The van der Waals surface area contributed by atoms with Crippen LogP contribution >= 0.6 is 0 Å². The number of anilines is 1. The first-order valence-electron chi connectivity index (χ1n) is 10.4.